The Bertz CT molecular complexity index is 617. The number of alkyl halides is 3. The molecule has 0 aliphatic heterocycles. The van der Waals surface area contributed by atoms with Gasteiger partial charge in [-0.1, -0.05) is 29.8 Å². The van der Waals surface area contributed by atoms with E-state index in [0.717, 1.165) is 6.07 Å². The summed E-state index contributed by atoms with van der Waals surface area (Å²) >= 11 is 11.4. The van der Waals surface area contributed by atoms with Crippen LogP contribution in [-0.4, -0.2) is 9.97 Å². The van der Waals surface area contributed by atoms with Crippen LogP contribution in [0.1, 0.15) is 11.1 Å². The fourth-order valence-electron chi connectivity index (χ4n) is 1.60. The molecule has 2 aromatic rings. The summed E-state index contributed by atoms with van der Waals surface area (Å²) in [4.78, 5) is 7.46. The number of aromatic nitrogens is 2. The van der Waals surface area contributed by atoms with Crippen LogP contribution in [0.5, 0.6) is 0 Å². The average molecular weight is 322 g/mol. The van der Waals surface area contributed by atoms with Crippen LogP contribution in [0.4, 0.5) is 19.0 Å². The highest BCUT2D eigenvalue weighted by Crippen LogP contribution is 2.32. The quantitative estimate of drug-likeness (QED) is 0.851. The van der Waals surface area contributed by atoms with E-state index in [-0.39, 0.29) is 28.2 Å². The van der Waals surface area contributed by atoms with Gasteiger partial charge in [-0.3, -0.25) is 0 Å². The molecule has 106 valence electrons. The van der Waals surface area contributed by atoms with E-state index in [2.05, 4.69) is 15.3 Å². The van der Waals surface area contributed by atoms with Crippen molar-refractivity contribution >= 4 is 29.0 Å². The van der Waals surface area contributed by atoms with Crippen LogP contribution in [0.15, 0.2) is 30.5 Å². The Kier molecular flexibility index (Phi) is 4.35. The summed E-state index contributed by atoms with van der Waals surface area (Å²) in [5.41, 5.74) is -0.616. The van der Waals surface area contributed by atoms with Crippen molar-refractivity contribution in [2.45, 2.75) is 12.7 Å². The van der Waals surface area contributed by atoms with Gasteiger partial charge >= 0.3 is 6.18 Å². The maximum atomic E-state index is 12.8. The minimum absolute atomic E-state index is 0.0407. The number of rotatable bonds is 3. The van der Waals surface area contributed by atoms with Crippen LogP contribution in [-0.2, 0) is 12.7 Å². The number of benzene rings is 1. The standard InChI is InChI=1S/C12H8Cl2F3N3/c13-9-6-19-11(14)20-10(9)18-5-7-3-1-2-4-8(7)12(15,16)17/h1-4,6H,5H2,(H,18,19,20). The van der Waals surface area contributed by atoms with Crippen molar-refractivity contribution in [3.05, 3.63) is 51.9 Å². The lowest BCUT2D eigenvalue weighted by molar-refractivity contribution is -0.138. The third kappa shape index (κ3) is 3.52. The zero-order valence-electron chi connectivity index (χ0n) is 9.88. The number of hydrogen-bond donors (Lipinski definition) is 1. The van der Waals surface area contributed by atoms with Crippen LogP contribution < -0.4 is 5.32 Å². The van der Waals surface area contributed by atoms with Crippen LogP contribution in [0.25, 0.3) is 0 Å². The molecule has 2 rings (SSSR count). The number of hydrogen-bond acceptors (Lipinski definition) is 3. The van der Waals surface area contributed by atoms with Crippen molar-refractivity contribution in [2.75, 3.05) is 5.32 Å². The monoisotopic (exact) mass is 321 g/mol. The van der Waals surface area contributed by atoms with Gasteiger partial charge in [-0.2, -0.15) is 18.2 Å². The maximum absolute atomic E-state index is 12.8. The molecule has 0 saturated carbocycles. The van der Waals surface area contributed by atoms with E-state index in [1.165, 1.54) is 24.4 Å². The first-order chi connectivity index (χ1) is 9.38. The van der Waals surface area contributed by atoms with Gasteiger partial charge in [-0.25, -0.2) is 4.98 Å². The first-order valence-corrected chi connectivity index (χ1v) is 6.20. The molecule has 1 aromatic carbocycles. The van der Waals surface area contributed by atoms with E-state index in [1.54, 1.807) is 0 Å². The fourth-order valence-corrected chi connectivity index (χ4v) is 1.89. The summed E-state index contributed by atoms with van der Waals surface area (Å²) in [6.07, 6.45) is -3.14. The topological polar surface area (TPSA) is 37.8 Å². The Balaban J connectivity index is 2.21. The zero-order valence-corrected chi connectivity index (χ0v) is 11.4. The van der Waals surface area contributed by atoms with Gasteiger partial charge in [0.05, 0.1) is 11.8 Å². The predicted octanol–water partition coefficient (Wildman–Crippen LogP) is 4.41. The minimum atomic E-state index is -4.41. The van der Waals surface area contributed by atoms with Gasteiger partial charge in [0, 0.05) is 6.54 Å². The fraction of sp³-hybridized carbons (Fsp3) is 0.167. The highest BCUT2D eigenvalue weighted by molar-refractivity contribution is 6.33. The van der Waals surface area contributed by atoms with E-state index >= 15 is 0 Å². The van der Waals surface area contributed by atoms with Gasteiger partial charge in [0.1, 0.15) is 10.8 Å². The van der Waals surface area contributed by atoms with Gasteiger partial charge in [0.2, 0.25) is 5.28 Å². The van der Waals surface area contributed by atoms with Gasteiger partial charge < -0.3 is 5.32 Å². The largest absolute Gasteiger partial charge is 0.416 e. The maximum Gasteiger partial charge on any atom is 0.416 e. The lowest BCUT2D eigenvalue weighted by Gasteiger charge is -2.13. The Morgan fingerprint density at radius 3 is 2.55 bits per heavy atom. The third-order valence-corrected chi connectivity index (χ3v) is 2.94. The zero-order chi connectivity index (χ0) is 14.8. The normalized spacial score (nSPS) is 11.4. The molecule has 0 spiro atoms. The molecule has 1 N–H and O–H groups in total. The van der Waals surface area contributed by atoms with Crippen molar-refractivity contribution in [3.63, 3.8) is 0 Å². The molecule has 0 saturated heterocycles. The predicted molar refractivity (Wildman–Crippen MR) is 70.8 cm³/mol. The molecule has 0 aliphatic rings. The molecular formula is C12H8Cl2F3N3. The third-order valence-electron chi connectivity index (χ3n) is 2.48. The molecule has 8 heteroatoms. The van der Waals surface area contributed by atoms with E-state index in [9.17, 15) is 13.2 Å². The molecule has 0 radical (unpaired) electrons. The molecule has 3 nitrogen and oxygen atoms in total. The average Bonchev–Trinajstić information content (AvgIpc) is 2.39. The molecule has 0 fully saturated rings. The van der Waals surface area contributed by atoms with E-state index in [1.807, 2.05) is 0 Å². The molecule has 0 amide bonds. The van der Waals surface area contributed by atoms with E-state index in [4.69, 9.17) is 23.2 Å². The molecule has 0 atom stereocenters. The van der Waals surface area contributed by atoms with Crippen LogP contribution in [0, 0.1) is 0 Å². The Morgan fingerprint density at radius 2 is 1.85 bits per heavy atom. The first kappa shape index (κ1) is 14.9. The van der Waals surface area contributed by atoms with E-state index < -0.39 is 11.7 Å². The SMILES string of the molecule is FC(F)(F)c1ccccc1CNc1nc(Cl)ncc1Cl. The summed E-state index contributed by atoms with van der Waals surface area (Å²) < 4.78 is 38.5. The molecule has 0 aliphatic carbocycles. The highest BCUT2D eigenvalue weighted by Gasteiger charge is 2.32. The summed E-state index contributed by atoms with van der Waals surface area (Å²) in [5, 5.41) is 2.85. The van der Waals surface area contributed by atoms with Gasteiger partial charge in [0.25, 0.3) is 0 Å². The van der Waals surface area contributed by atoms with Crippen LogP contribution in [0.2, 0.25) is 10.3 Å². The number of halogens is 5. The summed E-state index contributed by atoms with van der Waals surface area (Å²) in [5.74, 6) is 0.184. The molecule has 1 aromatic heterocycles. The van der Waals surface area contributed by atoms with Crippen molar-refractivity contribution in [1.29, 1.82) is 0 Å². The van der Waals surface area contributed by atoms with E-state index in [0.29, 0.717) is 0 Å². The van der Waals surface area contributed by atoms with Gasteiger partial charge in [-0.05, 0) is 23.2 Å². The number of nitrogens with zero attached hydrogens (tertiary/aromatic N) is 2. The molecule has 0 unspecified atom stereocenters. The summed E-state index contributed by atoms with van der Waals surface area (Å²) in [7, 11) is 0. The summed E-state index contributed by atoms with van der Waals surface area (Å²) in [6.45, 7) is -0.0806. The second kappa shape index (κ2) is 5.85. The highest BCUT2D eigenvalue weighted by atomic mass is 35.5. The van der Waals surface area contributed by atoms with Crippen molar-refractivity contribution < 1.29 is 13.2 Å². The van der Waals surface area contributed by atoms with Crippen LogP contribution in [0.3, 0.4) is 0 Å². The smallest absolute Gasteiger partial charge is 0.365 e. The molecule has 20 heavy (non-hydrogen) atoms. The van der Waals surface area contributed by atoms with Crippen molar-refractivity contribution in [2.24, 2.45) is 0 Å². The molecule has 1 heterocycles. The van der Waals surface area contributed by atoms with Crippen LogP contribution >= 0.6 is 23.2 Å². The van der Waals surface area contributed by atoms with Crippen molar-refractivity contribution in [3.8, 4) is 0 Å². The van der Waals surface area contributed by atoms with Gasteiger partial charge in [0.15, 0.2) is 0 Å². The molecular weight excluding hydrogens is 314 g/mol. The Labute approximate surface area is 122 Å². The number of anilines is 1. The lowest BCUT2D eigenvalue weighted by Crippen LogP contribution is -2.12. The van der Waals surface area contributed by atoms with Gasteiger partial charge in [-0.15, -0.1) is 0 Å². The van der Waals surface area contributed by atoms with Crippen molar-refractivity contribution in [1.82, 2.24) is 9.97 Å². The first-order valence-electron chi connectivity index (χ1n) is 5.45. The molecule has 0 bridgehead atoms. The Hall–Kier alpha value is -1.53. The second-order valence-electron chi connectivity index (χ2n) is 3.84. The number of nitrogens with one attached hydrogen (secondary N) is 1. The Morgan fingerprint density at radius 1 is 1.15 bits per heavy atom. The lowest BCUT2D eigenvalue weighted by atomic mass is 10.1. The second-order valence-corrected chi connectivity index (χ2v) is 4.59. The summed E-state index contributed by atoms with van der Waals surface area (Å²) in [6, 6.07) is 5.26. The minimum Gasteiger partial charge on any atom is -0.365 e.